The topological polar surface area (TPSA) is 23.5 Å². The number of hydrogen-bond donors (Lipinski definition) is 1. The van der Waals surface area contributed by atoms with E-state index in [9.17, 15) is 0 Å². The average molecular weight is 183 g/mol. The Morgan fingerprint density at radius 1 is 1.62 bits per heavy atom. The zero-order chi connectivity index (χ0) is 9.68. The van der Waals surface area contributed by atoms with Crippen molar-refractivity contribution in [3.63, 3.8) is 0 Å². The lowest BCUT2D eigenvalue weighted by Crippen LogP contribution is -2.23. The van der Waals surface area contributed by atoms with Crippen molar-refractivity contribution in [3.8, 4) is 0 Å². The van der Waals surface area contributed by atoms with Gasteiger partial charge in [-0.3, -0.25) is 4.90 Å². The Bertz CT molecular complexity index is 167. The van der Waals surface area contributed by atoms with E-state index in [0.717, 1.165) is 31.8 Å². The molecule has 0 aromatic rings. The van der Waals surface area contributed by atoms with Crippen molar-refractivity contribution in [2.75, 3.05) is 26.2 Å². The lowest BCUT2D eigenvalue weighted by molar-refractivity contribution is 0.253. The van der Waals surface area contributed by atoms with Gasteiger partial charge in [-0.1, -0.05) is 19.1 Å². The van der Waals surface area contributed by atoms with Crippen molar-refractivity contribution >= 4 is 0 Å². The Kier molecular flexibility index (Phi) is 4.46. The van der Waals surface area contributed by atoms with E-state index in [1.54, 1.807) is 0 Å². The average Bonchev–Trinajstić information content (AvgIpc) is 2.53. The summed E-state index contributed by atoms with van der Waals surface area (Å²) in [7, 11) is 0. The molecule has 2 nitrogen and oxygen atoms in total. The van der Waals surface area contributed by atoms with Crippen LogP contribution in [0.3, 0.4) is 0 Å². The van der Waals surface area contributed by atoms with Gasteiger partial charge in [0.2, 0.25) is 0 Å². The van der Waals surface area contributed by atoms with Crippen molar-refractivity contribution in [1.82, 2.24) is 4.90 Å². The standard InChI is InChI=1S/C11H21NO/c1-3-10(2)8-12-6-4-11(9-12)5-7-13/h11,13H,2-9H2,1H3. The summed E-state index contributed by atoms with van der Waals surface area (Å²) in [4.78, 5) is 2.45. The van der Waals surface area contributed by atoms with Crippen LogP contribution in [0.2, 0.25) is 0 Å². The summed E-state index contributed by atoms with van der Waals surface area (Å²) in [5, 5.41) is 8.80. The Labute approximate surface area is 81.2 Å². The first kappa shape index (κ1) is 10.7. The predicted octanol–water partition coefficient (Wildman–Crippen LogP) is 1.66. The van der Waals surface area contributed by atoms with Crippen LogP contribution in [0.1, 0.15) is 26.2 Å². The van der Waals surface area contributed by atoms with Gasteiger partial charge in [-0.25, -0.2) is 0 Å². The van der Waals surface area contributed by atoms with E-state index in [4.69, 9.17) is 5.11 Å². The van der Waals surface area contributed by atoms with Crippen LogP contribution in [0.4, 0.5) is 0 Å². The smallest absolute Gasteiger partial charge is 0.0434 e. The minimum Gasteiger partial charge on any atom is -0.396 e. The van der Waals surface area contributed by atoms with Crippen LogP contribution >= 0.6 is 0 Å². The van der Waals surface area contributed by atoms with Gasteiger partial charge in [0, 0.05) is 19.7 Å². The molecule has 0 amide bonds. The summed E-state index contributed by atoms with van der Waals surface area (Å²) in [5.41, 5.74) is 1.32. The fourth-order valence-electron chi connectivity index (χ4n) is 1.90. The molecule has 0 saturated carbocycles. The fraction of sp³-hybridized carbons (Fsp3) is 0.818. The molecule has 1 N–H and O–H groups in total. The molecule has 1 fully saturated rings. The van der Waals surface area contributed by atoms with E-state index < -0.39 is 0 Å². The molecule has 13 heavy (non-hydrogen) atoms. The van der Waals surface area contributed by atoms with Gasteiger partial charge in [-0.2, -0.15) is 0 Å². The summed E-state index contributed by atoms with van der Waals surface area (Å²) in [6.07, 6.45) is 3.30. The summed E-state index contributed by atoms with van der Waals surface area (Å²) in [5.74, 6) is 0.717. The molecule has 76 valence electrons. The van der Waals surface area contributed by atoms with Crippen LogP contribution in [-0.4, -0.2) is 36.2 Å². The van der Waals surface area contributed by atoms with Crippen molar-refractivity contribution in [2.24, 2.45) is 5.92 Å². The van der Waals surface area contributed by atoms with Crippen LogP contribution in [0, 0.1) is 5.92 Å². The second kappa shape index (κ2) is 5.40. The molecular weight excluding hydrogens is 162 g/mol. The molecule has 0 aromatic carbocycles. The second-order valence-corrected chi connectivity index (χ2v) is 4.01. The molecule has 1 atom stereocenters. The first-order valence-corrected chi connectivity index (χ1v) is 5.26. The van der Waals surface area contributed by atoms with Gasteiger partial charge < -0.3 is 5.11 Å². The number of nitrogens with zero attached hydrogens (tertiary/aromatic N) is 1. The number of hydrogen-bond acceptors (Lipinski definition) is 2. The Morgan fingerprint density at radius 2 is 2.38 bits per heavy atom. The quantitative estimate of drug-likeness (QED) is 0.655. The monoisotopic (exact) mass is 183 g/mol. The van der Waals surface area contributed by atoms with Gasteiger partial charge in [0.05, 0.1) is 0 Å². The van der Waals surface area contributed by atoms with E-state index in [0.29, 0.717) is 6.61 Å². The van der Waals surface area contributed by atoms with Crippen LogP contribution in [-0.2, 0) is 0 Å². The Balaban J connectivity index is 2.20. The normalized spacial score (nSPS) is 23.7. The summed E-state index contributed by atoms with van der Waals surface area (Å²) in [6.45, 7) is 9.90. The third kappa shape index (κ3) is 3.49. The van der Waals surface area contributed by atoms with Gasteiger partial charge in [-0.15, -0.1) is 0 Å². The van der Waals surface area contributed by atoms with Gasteiger partial charge in [0.25, 0.3) is 0 Å². The van der Waals surface area contributed by atoms with Crippen LogP contribution in [0.5, 0.6) is 0 Å². The summed E-state index contributed by atoms with van der Waals surface area (Å²) >= 11 is 0. The van der Waals surface area contributed by atoms with Gasteiger partial charge >= 0.3 is 0 Å². The number of rotatable bonds is 5. The zero-order valence-electron chi connectivity index (χ0n) is 8.63. The summed E-state index contributed by atoms with van der Waals surface area (Å²) in [6, 6.07) is 0. The zero-order valence-corrected chi connectivity index (χ0v) is 8.63. The van der Waals surface area contributed by atoms with Crippen molar-refractivity contribution < 1.29 is 5.11 Å². The molecule has 2 heteroatoms. The number of aliphatic hydroxyl groups excluding tert-OH is 1. The minimum absolute atomic E-state index is 0.341. The lowest BCUT2D eigenvalue weighted by Gasteiger charge is -2.16. The van der Waals surface area contributed by atoms with E-state index in [1.807, 2.05) is 0 Å². The largest absolute Gasteiger partial charge is 0.396 e. The minimum atomic E-state index is 0.341. The van der Waals surface area contributed by atoms with E-state index in [1.165, 1.54) is 18.5 Å². The molecule has 0 spiro atoms. The van der Waals surface area contributed by atoms with E-state index >= 15 is 0 Å². The highest BCUT2D eigenvalue weighted by Gasteiger charge is 2.21. The highest BCUT2D eigenvalue weighted by Crippen LogP contribution is 2.19. The Morgan fingerprint density at radius 3 is 3.00 bits per heavy atom. The van der Waals surface area contributed by atoms with Crippen LogP contribution in [0.15, 0.2) is 12.2 Å². The third-order valence-electron chi connectivity index (χ3n) is 2.85. The maximum atomic E-state index is 8.80. The van der Waals surface area contributed by atoms with Gasteiger partial charge in [0.15, 0.2) is 0 Å². The maximum Gasteiger partial charge on any atom is 0.0434 e. The SMILES string of the molecule is C=C(CC)CN1CCC(CCO)C1. The highest BCUT2D eigenvalue weighted by atomic mass is 16.3. The number of likely N-dealkylation sites (tertiary alicyclic amines) is 1. The molecule has 1 heterocycles. The highest BCUT2D eigenvalue weighted by molar-refractivity contribution is 4.97. The first-order chi connectivity index (χ1) is 6.26. The fourth-order valence-corrected chi connectivity index (χ4v) is 1.90. The molecule has 1 saturated heterocycles. The molecule has 0 bridgehead atoms. The lowest BCUT2D eigenvalue weighted by atomic mass is 10.1. The molecule has 0 aliphatic carbocycles. The molecule has 1 aliphatic rings. The molecule has 1 aliphatic heterocycles. The van der Waals surface area contributed by atoms with Crippen molar-refractivity contribution in [3.05, 3.63) is 12.2 Å². The second-order valence-electron chi connectivity index (χ2n) is 4.01. The maximum absolute atomic E-state index is 8.80. The van der Waals surface area contributed by atoms with Crippen LogP contribution < -0.4 is 0 Å². The molecule has 0 radical (unpaired) electrons. The Hall–Kier alpha value is -0.340. The van der Waals surface area contributed by atoms with Crippen molar-refractivity contribution in [2.45, 2.75) is 26.2 Å². The van der Waals surface area contributed by atoms with Crippen molar-refractivity contribution in [1.29, 1.82) is 0 Å². The predicted molar refractivity (Wildman–Crippen MR) is 55.7 cm³/mol. The van der Waals surface area contributed by atoms with Gasteiger partial charge in [0.1, 0.15) is 0 Å². The molecule has 1 rings (SSSR count). The third-order valence-corrected chi connectivity index (χ3v) is 2.85. The van der Waals surface area contributed by atoms with Gasteiger partial charge in [-0.05, 0) is 31.7 Å². The van der Waals surface area contributed by atoms with Crippen LogP contribution in [0.25, 0.3) is 0 Å². The van der Waals surface area contributed by atoms with E-state index in [-0.39, 0.29) is 0 Å². The summed E-state index contributed by atoms with van der Waals surface area (Å²) < 4.78 is 0. The molecular formula is C11H21NO. The molecule has 0 aromatic heterocycles. The first-order valence-electron chi connectivity index (χ1n) is 5.26. The number of aliphatic hydroxyl groups is 1. The van der Waals surface area contributed by atoms with E-state index in [2.05, 4.69) is 18.4 Å². The molecule has 1 unspecified atom stereocenters.